The smallest absolute Gasteiger partial charge is 0.255 e. The highest BCUT2D eigenvalue weighted by atomic mass is 16.5. The fraction of sp³-hybridized carbons (Fsp3) is 0.138. The number of hydrogen-bond acceptors (Lipinski definition) is 4. The van der Waals surface area contributed by atoms with Crippen molar-refractivity contribution in [1.29, 1.82) is 0 Å². The lowest BCUT2D eigenvalue weighted by Gasteiger charge is -2.12. The molecule has 0 bridgehead atoms. The number of anilines is 1. The fourth-order valence-corrected chi connectivity index (χ4v) is 3.46. The van der Waals surface area contributed by atoms with Crippen molar-refractivity contribution < 1.29 is 19.0 Å². The van der Waals surface area contributed by atoms with Gasteiger partial charge in [0, 0.05) is 16.8 Å². The van der Waals surface area contributed by atoms with Crippen LogP contribution in [0, 0.1) is 0 Å². The minimum Gasteiger partial charge on any atom is -0.496 e. The Morgan fingerprint density at radius 1 is 0.735 bits per heavy atom. The fourth-order valence-electron chi connectivity index (χ4n) is 3.46. The molecule has 172 valence electrons. The van der Waals surface area contributed by atoms with E-state index in [1.165, 1.54) is 0 Å². The summed E-state index contributed by atoms with van der Waals surface area (Å²) < 4.78 is 17.1. The molecule has 0 radical (unpaired) electrons. The van der Waals surface area contributed by atoms with Crippen LogP contribution < -0.4 is 14.8 Å². The van der Waals surface area contributed by atoms with E-state index in [0.29, 0.717) is 36.8 Å². The van der Waals surface area contributed by atoms with E-state index >= 15 is 0 Å². The van der Waals surface area contributed by atoms with Crippen LogP contribution in [0.2, 0.25) is 0 Å². The molecule has 0 atom stereocenters. The van der Waals surface area contributed by atoms with E-state index in [0.717, 1.165) is 22.4 Å². The Morgan fingerprint density at radius 3 is 2.03 bits per heavy atom. The average molecular weight is 454 g/mol. The zero-order valence-corrected chi connectivity index (χ0v) is 19.1. The molecule has 5 nitrogen and oxygen atoms in total. The number of carbonyl (C=O) groups is 1. The van der Waals surface area contributed by atoms with Gasteiger partial charge < -0.3 is 19.5 Å². The third-order valence-corrected chi connectivity index (χ3v) is 5.27. The Kier molecular flexibility index (Phi) is 7.93. The van der Waals surface area contributed by atoms with Crippen LogP contribution in [-0.4, -0.2) is 13.0 Å². The Balaban J connectivity index is 1.35. The topological polar surface area (TPSA) is 56.8 Å². The number of hydrogen-bond donors (Lipinski definition) is 1. The zero-order chi connectivity index (χ0) is 23.6. The average Bonchev–Trinajstić information content (AvgIpc) is 2.89. The Hall–Kier alpha value is -4.09. The molecule has 0 saturated carbocycles. The highest BCUT2D eigenvalue weighted by molar-refractivity contribution is 6.04. The van der Waals surface area contributed by atoms with E-state index in [-0.39, 0.29) is 5.91 Å². The highest BCUT2D eigenvalue weighted by Gasteiger charge is 2.11. The number of benzene rings is 4. The number of nitrogens with one attached hydrogen (secondary N) is 1. The van der Waals surface area contributed by atoms with Gasteiger partial charge in [0.05, 0.1) is 20.3 Å². The van der Waals surface area contributed by atoms with Crippen molar-refractivity contribution >= 4 is 11.6 Å². The summed E-state index contributed by atoms with van der Waals surface area (Å²) >= 11 is 0. The monoisotopic (exact) mass is 453 g/mol. The summed E-state index contributed by atoms with van der Waals surface area (Å²) in [7, 11) is 1.61. The minimum absolute atomic E-state index is 0.204. The molecule has 4 aromatic rings. The van der Waals surface area contributed by atoms with E-state index in [2.05, 4.69) is 5.32 Å². The van der Waals surface area contributed by atoms with Crippen molar-refractivity contribution in [2.75, 3.05) is 12.4 Å². The van der Waals surface area contributed by atoms with Crippen molar-refractivity contribution in [2.45, 2.75) is 19.8 Å². The second-order valence-corrected chi connectivity index (χ2v) is 7.76. The second-order valence-electron chi connectivity index (χ2n) is 7.76. The van der Waals surface area contributed by atoms with Gasteiger partial charge in [-0.1, -0.05) is 60.7 Å². The van der Waals surface area contributed by atoms with Gasteiger partial charge in [-0.15, -0.1) is 0 Å². The van der Waals surface area contributed by atoms with Crippen LogP contribution in [0.5, 0.6) is 11.5 Å². The first kappa shape index (κ1) is 23.1. The maximum absolute atomic E-state index is 12.8. The van der Waals surface area contributed by atoms with Gasteiger partial charge in [0.15, 0.2) is 0 Å². The molecule has 0 aliphatic heterocycles. The first-order chi connectivity index (χ1) is 16.7. The molecule has 0 heterocycles. The SMILES string of the molecule is COc1ccc(C(=O)Nc2ccc(OCc3ccccc3)cc2)cc1COCc1ccccc1. The third kappa shape index (κ3) is 6.47. The zero-order valence-electron chi connectivity index (χ0n) is 19.1. The molecular weight excluding hydrogens is 426 g/mol. The molecular formula is C29H27NO4. The van der Waals surface area contributed by atoms with Gasteiger partial charge in [-0.3, -0.25) is 4.79 Å². The summed E-state index contributed by atoms with van der Waals surface area (Å²) in [4.78, 5) is 12.8. The molecule has 5 heteroatoms. The molecule has 4 rings (SSSR count). The number of carbonyl (C=O) groups excluding carboxylic acids is 1. The second kappa shape index (κ2) is 11.7. The molecule has 0 fully saturated rings. The van der Waals surface area contributed by atoms with E-state index in [1.54, 1.807) is 25.3 Å². The van der Waals surface area contributed by atoms with Crippen molar-refractivity contribution in [1.82, 2.24) is 0 Å². The van der Waals surface area contributed by atoms with E-state index in [1.807, 2.05) is 84.9 Å². The van der Waals surface area contributed by atoms with Crippen LogP contribution in [0.4, 0.5) is 5.69 Å². The van der Waals surface area contributed by atoms with Crippen molar-refractivity contribution in [3.63, 3.8) is 0 Å². The number of rotatable bonds is 10. The van der Waals surface area contributed by atoms with Crippen molar-refractivity contribution in [2.24, 2.45) is 0 Å². The molecule has 34 heavy (non-hydrogen) atoms. The molecule has 0 spiro atoms. The Labute approximate surface area is 199 Å². The van der Waals surface area contributed by atoms with Gasteiger partial charge in [0.2, 0.25) is 0 Å². The predicted molar refractivity (Wildman–Crippen MR) is 133 cm³/mol. The van der Waals surface area contributed by atoms with E-state index in [4.69, 9.17) is 14.2 Å². The Morgan fingerprint density at radius 2 is 1.38 bits per heavy atom. The lowest BCUT2D eigenvalue weighted by molar-refractivity contribution is 0.102. The molecule has 4 aromatic carbocycles. The Bertz CT molecular complexity index is 1190. The highest BCUT2D eigenvalue weighted by Crippen LogP contribution is 2.23. The van der Waals surface area contributed by atoms with Gasteiger partial charge in [0.1, 0.15) is 18.1 Å². The molecule has 0 aromatic heterocycles. The third-order valence-electron chi connectivity index (χ3n) is 5.27. The summed E-state index contributed by atoms with van der Waals surface area (Å²) in [5.41, 5.74) is 4.23. The summed E-state index contributed by atoms with van der Waals surface area (Å²) in [6, 6.07) is 32.6. The quantitative estimate of drug-likeness (QED) is 0.309. The van der Waals surface area contributed by atoms with Crippen LogP contribution in [0.25, 0.3) is 0 Å². The number of amides is 1. The standard InChI is InChI=1S/C29H27NO4/c1-32-28-17-12-24(18-25(28)21-33-19-22-8-4-2-5-9-22)29(31)30-26-13-15-27(16-14-26)34-20-23-10-6-3-7-11-23/h2-18H,19-21H2,1H3,(H,30,31). The van der Waals surface area contributed by atoms with Crippen LogP contribution in [0.3, 0.4) is 0 Å². The molecule has 0 unspecified atom stereocenters. The van der Waals surface area contributed by atoms with Gasteiger partial charge in [-0.2, -0.15) is 0 Å². The van der Waals surface area contributed by atoms with Crippen LogP contribution in [-0.2, 0) is 24.6 Å². The normalized spacial score (nSPS) is 10.5. The van der Waals surface area contributed by atoms with Crippen LogP contribution in [0.15, 0.2) is 103 Å². The summed E-state index contributed by atoms with van der Waals surface area (Å²) in [6.07, 6.45) is 0. The largest absolute Gasteiger partial charge is 0.496 e. The molecule has 1 N–H and O–H groups in total. The number of methoxy groups -OCH3 is 1. The molecule has 0 aliphatic rings. The predicted octanol–water partition coefficient (Wildman–Crippen LogP) is 6.24. The van der Waals surface area contributed by atoms with Gasteiger partial charge in [-0.25, -0.2) is 0 Å². The minimum atomic E-state index is -0.204. The lowest BCUT2D eigenvalue weighted by atomic mass is 10.1. The molecule has 1 amide bonds. The van der Waals surface area contributed by atoms with E-state index in [9.17, 15) is 4.79 Å². The summed E-state index contributed by atoms with van der Waals surface area (Å²) in [6.45, 7) is 1.32. The van der Waals surface area contributed by atoms with E-state index < -0.39 is 0 Å². The molecule has 0 aliphatic carbocycles. The maximum atomic E-state index is 12.8. The first-order valence-electron chi connectivity index (χ1n) is 11.1. The lowest BCUT2D eigenvalue weighted by Crippen LogP contribution is -2.12. The van der Waals surface area contributed by atoms with Crippen molar-refractivity contribution in [3.8, 4) is 11.5 Å². The van der Waals surface area contributed by atoms with Crippen molar-refractivity contribution in [3.05, 3.63) is 125 Å². The van der Waals surface area contributed by atoms with Gasteiger partial charge in [-0.05, 0) is 53.6 Å². The summed E-state index contributed by atoms with van der Waals surface area (Å²) in [5.74, 6) is 1.22. The van der Waals surface area contributed by atoms with Crippen LogP contribution in [0.1, 0.15) is 27.0 Å². The van der Waals surface area contributed by atoms with Gasteiger partial charge >= 0.3 is 0 Å². The van der Waals surface area contributed by atoms with Gasteiger partial charge in [0.25, 0.3) is 5.91 Å². The van der Waals surface area contributed by atoms with Crippen LogP contribution >= 0.6 is 0 Å². The molecule has 0 saturated heterocycles. The maximum Gasteiger partial charge on any atom is 0.255 e. The summed E-state index contributed by atoms with van der Waals surface area (Å²) in [5, 5.41) is 2.93. The number of ether oxygens (including phenoxy) is 3. The first-order valence-corrected chi connectivity index (χ1v) is 11.1.